The van der Waals surface area contributed by atoms with Crippen LogP contribution in [0, 0.1) is 23.7 Å². The molecule has 0 saturated heterocycles. The average Bonchev–Trinajstić information content (AvgIpc) is 3.09. The second kappa shape index (κ2) is 6.28. The van der Waals surface area contributed by atoms with E-state index in [0.717, 1.165) is 43.4 Å². The second-order valence-electron chi connectivity index (χ2n) is 7.99. The van der Waals surface area contributed by atoms with Crippen LogP contribution in [0.3, 0.4) is 0 Å². The number of hydrogen-bond donors (Lipinski definition) is 2. The molecule has 0 heterocycles. The maximum Gasteiger partial charge on any atom is 0.220 e. The van der Waals surface area contributed by atoms with Gasteiger partial charge in [-0.05, 0) is 68.6 Å². The minimum absolute atomic E-state index is 0.165. The summed E-state index contributed by atoms with van der Waals surface area (Å²) in [7, 11) is 0. The van der Waals surface area contributed by atoms with Crippen molar-refractivity contribution in [1.82, 2.24) is 5.32 Å². The molecule has 2 N–H and O–H groups in total. The number of aliphatic hydroxyl groups is 1. The molecule has 0 radical (unpaired) electrons. The molecule has 3 atom stereocenters. The Morgan fingerprint density at radius 1 is 1.19 bits per heavy atom. The fourth-order valence-corrected chi connectivity index (χ4v) is 5.00. The monoisotopic (exact) mass is 293 g/mol. The van der Waals surface area contributed by atoms with Gasteiger partial charge in [-0.25, -0.2) is 0 Å². The summed E-state index contributed by atoms with van der Waals surface area (Å²) < 4.78 is 0. The lowest BCUT2D eigenvalue weighted by Gasteiger charge is -2.36. The van der Waals surface area contributed by atoms with Crippen LogP contribution >= 0.6 is 0 Å². The minimum Gasteiger partial charge on any atom is -0.388 e. The SMILES string of the molecule is CCC1CCC(O)(CNC(=O)CC2CC3CCC2C3)CC1. The molecule has 3 fully saturated rings. The third kappa shape index (κ3) is 3.61. The number of nitrogens with one attached hydrogen (secondary N) is 1. The highest BCUT2D eigenvalue weighted by molar-refractivity contribution is 5.76. The van der Waals surface area contributed by atoms with Crippen LogP contribution in [0.5, 0.6) is 0 Å². The Morgan fingerprint density at radius 3 is 2.52 bits per heavy atom. The largest absolute Gasteiger partial charge is 0.388 e. The van der Waals surface area contributed by atoms with E-state index < -0.39 is 5.60 Å². The van der Waals surface area contributed by atoms with Gasteiger partial charge in [-0.3, -0.25) is 4.79 Å². The molecule has 0 aromatic rings. The predicted molar refractivity (Wildman–Crippen MR) is 83.8 cm³/mol. The lowest BCUT2D eigenvalue weighted by Crippen LogP contribution is -2.45. The molecule has 3 nitrogen and oxygen atoms in total. The van der Waals surface area contributed by atoms with Crippen molar-refractivity contribution < 1.29 is 9.90 Å². The summed E-state index contributed by atoms with van der Waals surface area (Å²) in [6.07, 6.45) is 11.2. The zero-order valence-electron chi connectivity index (χ0n) is 13.4. The highest BCUT2D eigenvalue weighted by Gasteiger charge is 2.40. The fraction of sp³-hybridized carbons (Fsp3) is 0.944. The number of carbonyl (C=O) groups is 1. The lowest BCUT2D eigenvalue weighted by atomic mass is 9.78. The molecule has 3 saturated carbocycles. The van der Waals surface area contributed by atoms with Gasteiger partial charge in [-0.2, -0.15) is 0 Å². The van der Waals surface area contributed by atoms with Gasteiger partial charge in [0.2, 0.25) is 5.91 Å². The van der Waals surface area contributed by atoms with Gasteiger partial charge in [0.25, 0.3) is 0 Å². The number of hydrogen-bond acceptors (Lipinski definition) is 2. The van der Waals surface area contributed by atoms with Crippen molar-refractivity contribution in [2.24, 2.45) is 23.7 Å². The smallest absolute Gasteiger partial charge is 0.220 e. The molecule has 0 aliphatic heterocycles. The van der Waals surface area contributed by atoms with Crippen molar-refractivity contribution in [3.63, 3.8) is 0 Å². The molecule has 0 aromatic heterocycles. The number of fused-ring (bicyclic) bond motifs is 2. The molecule has 3 aliphatic carbocycles. The molecule has 3 aliphatic rings. The van der Waals surface area contributed by atoms with E-state index in [1.807, 2.05) is 0 Å². The summed E-state index contributed by atoms with van der Waals surface area (Å²) in [5.74, 6) is 3.27. The molecule has 3 heteroatoms. The molecular formula is C18H31NO2. The highest BCUT2D eigenvalue weighted by atomic mass is 16.3. The van der Waals surface area contributed by atoms with Crippen LogP contribution in [0.25, 0.3) is 0 Å². The summed E-state index contributed by atoms with van der Waals surface area (Å²) >= 11 is 0. The molecule has 21 heavy (non-hydrogen) atoms. The molecule has 0 aromatic carbocycles. The summed E-state index contributed by atoms with van der Waals surface area (Å²) in [5.41, 5.74) is -0.643. The van der Waals surface area contributed by atoms with Crippen molar-refractivity contribution >= 4 is 5.91 Å². The predicted octanol–water partition coefficient (Wildman–Crippen LogP) is 3.26. The standard InChI is InChI=1S/C18H31NO2/c1-2-13-5-7-18(21,8-6-13)12-19-17(20)11-16-10-14-3-4-15(16)9-14/h13-16,21H,2-12H2,1H3,(H,19,20). The van der Waals surface area contributed by atoms with E-state index >= 15 is 0 Å². The first-order chi connectivity index (χ1) is 10.1. The van der Waals surface area contributed by atoms with Crippen LogP contribution < -0.4 is 5.32 Å². The van der Waals surface area contributed by atoms with Crippen LogP contribution in [-0.2, 0) is 4.79 Å². The van der Waals surface area contributed by atoms with E-state index in [0.29, 0.717) is 18.9 Å². The number of carbonyl (C=O) groups excluding carboxylic acids is 1. The Balaban J connectivity index is 1.39. The minimum atomic E-state index is -0.643. The number of rotatable bonds is 5. The van der Waals surface area contributed by atoms with E-state index in [2.05, 4.69) is 12.2 Å². The summed E-state index contributed by atoms with van der Waals surface area (Å²) in [4.78, 5) is 12.2. The first kappa shape index (κ1) is 15.3. The van der Waals surface area contributed by atoms with E-state index in [1.54, 1.807) is 0 Å². The molecule has 1 amide bonds. The normalized spacial score (nSPS) is 42.2. The molecule has 2 bridgehead atoms. The van der Waals surface area contributed by atoms with Gasteiger partial charge in [0.1, 0.15) is 0 Å². The van der Waals surface area contributed by atoms with Crippen molar-refractivity contribution in [1.29, 1.82) is 0 Å². The maximum atomic E-state index is 12.2. The van der Waals surface area contributed by atoms with Crippen molar-refractivity contribution in [3.8, 4) is 0 Å². The Kier molecular flexibility index (Phi) is 4.58. The molecule has 3 rings (SSSR count). The van der Waals surface area contributed by atoms with Crippen LogP contribution in [0.4, 0.5) is 0 Å². The summed E-state index contributed by atoms with van der Waals surface area (Å²) in [6.45, 7) is 2.69. The molecule has 0 spiro atoms. The van der Waals surface area contributed by atoms with E-state index in [4.69, 9.17) is 0 Å². The van der Waals surface area contributed by atoms with Gasteiger partial charge in [0.15, 0.2) is 0 Å². The number of amides is 1. The van der Waals surface area contributed by atoms with E-state index in [1.165, 1.54) is 32.1 Å². The fourth-order valence-electron chi connectivity index (χ4n) is 5.00. The molecule has 120 valence electrons. The topological polar surface area (TPSA) is 49.3 Å². The van der Waals surface area contributed by atoms with Crippen LogP contribution in [0.1, 0.15) is 71.1 Å². The Hall–Kier alpha value is -0.570. The van der Waals surface area contributed by atoms with Crippen molar-refractivity contribution in [3.05, 3.63) is 0 Å². The van der Waals surface area contributed by atoms with Gasteiger partial charge in [0.05, 0.1) is 5.60 Å². The lowest BCUT2D eigenvalue weighted by molar-refractivity contribution is -0.124. The highest BCUT2D eigenvalue weighted by Crippen LogP contribution is 2.49. The zero-order valence-corrected chi connectivity index (χ0v) is 13.4. The van der Waals surface area contributed by atoms with Crippen LogP contribution in [-0.4, -0.2) is 23.2 Å². The molecular weight excluding hydrogens is 262 g/mol. The average molecular weight is 293 g/mol. The third-order valence-electron chi connectivity index (χ3n) is 6.56. The van der Waals surface area contributed by atoms with Crippen molar-refractivity contribution in [2.75, 3.05) is 6.54 Å². The third-order valence-corrected chi connectivity index (χ3v) is 6.56. The Morgan fingerprint density at radius 2 is 1.95 bits per heavy atom. The first-order valence-corrected chi connectivity index (χ1v) is 9.07. The zero-order chi connectivity index (χ0) is 14.9. The maximum absolute atomic E-state index is 12.2. The summed E-state index contributed by atoms with van der Waals surface area (Å²) in [6, 6.07) is 0. The van der Waals surface area contributed by atoms with E-state index in [9.17, 15) is 9.90 Å². The molecule has 3 unspecified atom stereocenters. The van der Waals surface area contributed by atoms with Crippen molar-refractivity contribution in [2.45, 2.75) is 76.7 Å². The van der Waals surface area contributed by atoms with Gasteiger partial charge >= 0.3 is 0 Å². The summed E-state index contributed by atoms with van der Waals surface area (Å²) in [5, 5.41) is 13.6. The Labute approximate surface area is 128 Å². The first-order valence-electron chi connectivity index (χ1n) is 9.07. The van der Waals surface area contributed by atoms with Gasteiger partial charge in [0, 0.05) is 13.0 Å². The van der Waals surface area contributed by atoms with Gasteiger partial charge in [-0.1, -0.05) is 19.8 Å². The van der Waals surface area contributed by atoms with Crippen LogP contribution in [0.2, 0.25) is 0 Å². The second-order valence-corrected chi connectivity index (χ2v) is 7.99. The van der Waals surface area contributed by atoms with Crippen LogP contribution in [0.15, 0.2) is 0 Å². The van der Waals surface area contributed by atoms with Gasteiger partial charge in [-0.15, -0.1) is 0 Å². The van der Waals surface area contributed by atoms with Gasteiger partial charge < -0.3 is 10.4 Å². The van der Waals surface area contributed by atoms with E-state index in [-0.39, 0.29) is 5.91 Å². The quantitative estimate of drug-likeness (QED) is 0.817. The Bertz CT molecular complexity index is 373.